The summed E-state index contributed by atoms with van der Waals surface area (Å²) in [6, 6.07) is 0. The molecule has 0 rings (SSSR count). The average molecular weight is 1110 g/mol. The second-order valence-corrected chi connectivity index (χ2v) is 23.5. The molecular formula is C68H119NO8P+. The maximum Gasteiger partial charge on any atom is 0.472 e. The van der Waals surface area contributed by atoms with Crippen molar-refractivity contribution in [1.29, 1.82) is 0 Å². The van der Waals surface area contributed by atoms with Crippen molar-refractivity contribution in [2.75, 3.05) is 47.5 Å². The molecule has 78 heavy (non-hydrogen) atoms. The maximum absolute atomic E-state index is 12.8. The molecule has 0 aliphatic heterocycles. The number of esters is 2. The zero-order valence-corrected chi connectivity index (χ0v) is 51.8. The Hall–Kier alpha value is -3.33. The lowest BCUT2D eigenvalue weighted by Gasteiger charge is -2.24. The molecule has 0 aromatic heterocycles. The van der Waals surface area contributed by atoms with Gasteiger partial charge < -0.3 is 18.9 Å². The molecule has 2 atom stereocenters. The van der Waals surface area contributed by atoms with Crippen molar-refractivity contribution >= 4 is 19.8 Å². The largest absolute Gasteiger partial charge is 0.472 e. The van der Waals surface area contributed by atoms with Gasteiger partial charge in [-0.2, -0.15) is 0 Å². The van der Waals surface area contributed by atoms with Gasteiger partial charge in [-0.25, -0.2) is 4.57 Å². The van der Waals surface area contributed by atoms with Crippen molar-refractivity contribution in [1.82, 2.24) is 0 Å². The second-order valence-electron chi connectivity index (χ2n) is 22.1. The summed E-state index contributed by atoms with van der Waals surface area (Å²) in [5, 5.41) is 0. The summed E-state index contributed by atoms with van der Waals surface area (Å²) < 4.78 is 34.6. The van der Waals surface area contributed by atoms with E-state index in [0.29, 0.717) is 23.9 Å². The quantitative estimate of drug-likeness (QED) is 0.0211. The van der Waals surface area contributed by atoms with Crippen LogP contribution in [0, 0.1) is 0 Å². The van der Waals surface area contributed by atoms with Crippen molar-refractivity contribution in [3.8, 4) is 0 Å². The zero-order chi connectivity index (χ0) is 57.0. The van der Waals surface area contributed by atoms with Crippen LogP contribution in [0.2, 0.25) is 0 Å². The fourth-order valence-corrected chi connectivity index (χ4v) is 9.23. The molecule has 448 valence electrons. The number of nitrogens with zero attached hydrogens (tertiary/aromatic N) is 1. The van der Waals surface area contributed by atoms with Crippen LogP contribution < -0.4 is 0 Å². The molecule has 0 heterocycles. The Kier molecular flexibility index (Phi) is 55.8. The number of phosphoric acid groups is 1. The third-order valence-corrected chi connectivity index (χ3v) is 14.3. The molecule has 0 aliphatic carbocycles. The van der Waals surface area contributed by atoms with E-state index >= 15 is 0 Å². The molecule has 10 heteroatoms. The highest BCUT2D eigenvalue weighted by Gasteiger charge is 2.27. The Bertz CT molecular complexity index is 1680. The van der Waals surface area contributed by atoms with Crippen molar-refractivity contribution in [3.05, 3.63) is 109 Å². The van der Waals surface area contributed by atoms with Crippen molar-refractivity contribution in [2.45, 2.75) is 264 Å². The normalized spacial score (nSPS) is 14.0. The molecule has 2 unspecified atom stereocenters. The first-order valence-corrected chi connectivity index (χ1v) is 33.1. The molecule has 0 aliphatic rings. The number of phosphoric ester groups is 1. The van der Waals surface area contributed by atoms with Crippen LogP contribution in [-0.2, 0) is 32.7 Å². The van der Waals surface area contributed by atoms with E-state index in [4.69, 9.17) is 18.5 Å². The number of carbonyl (C=O) groups is 2. The van der Waals surface area contributed by atoms with Crippen LogP contribution in [0.5, 0.6) is 0 Å². The molecule has 0 fully saturated rings. The van der Waals surface area contributed by atoms with Crippen molar-refractivity contribution < 1.29 is 42.1 Å². The highest BCUT2D eigenvalue weighted by Crippen LogP contribution is 2.43. The molecule has 1 N–H and O–H groups in total. The first-order chi connectivity index (χ1) is 38.0. The van der Waals surface area contributed by atoms with Gasteiger partial charge in [-0.15, -0.1) is 0 Å². The number of carbonyl (C=O) groups excluding carboxylic acids is 2. The molecule has 9 nitrogen and oxygen atoms in total. The molecule has 0 saturated carbocycles. The summed E-state index contributed by atoms with van der Waals surface area (Å²) in [4.78, 5) is 35.7. The first-order valence-electron chi connectivity index (χ1n) is 31.6. The summed E-state index contributed by atoms with van der Waals surface area (Å²) in [6.45, 7) is 4.27. The minimum Gasteiger partial charge on any atom is -0.462 e. The van der Waals surface area contributed by atoms with E-state index in [9.17, 15) is 19.0 Å². The monoisotopic (exact) mass is 1110 g/mol. The molecule has 0 saturated heterocycles. The van der Waals surface area contributed by atoms with Gasteiger partial charge >= 0.3 is 19.8 Å². The summed E-state index contributed by atoms with van der Waals surface area (Å²) in [7, 11) is 1.43. The number of allylic oxidation sites excluding steroid dienone is 18. The predicted octanol–water partition coefficient (Wildman–Crippen LogP) is 20.2. The maximum atomic E-state index is 12.8. The van der Waals surface area contributed by atoms with E-state index in [1.54, 1.807) is 0 Å². The summed E-state index contributed by atoms with van der Waals surface area (Å²) in [5.74, 6) is -0.865. The van der Waals surface area contributed by atoms with E-state index < -0.39 is 26.5 Å². The molecular weight excluding hydrogens is 990 g/mol. The lowest BCUT2D eigenvalue weighted by atomic mass is 10.0. The molecule has 0 amide bonds. The van der Waals surface area contributed by atoms with Gasteiger partial charge in [0.15, 0.2) is 6.10 Å². The van der Waals surface area contributed by atoms with Gasteiger partial charge in [0.2, 0.25) is 0 Å². The Morgan fingerprint density at radius 1 is 0.410 bits per heavy atom. The highest BCUT2D eigenvalue weighted by molar-refractivity contribution is 7.47. The van der Waals surface area contributed by atoms with Crippen LogP contribution in [0.15, 0.2) is 109 Å². The van der Waals surface area contributed by atoms with Crippen molar-refractivity contribution in [2.24, 2.45) is 0 Å². The minimum atomic E-state index is -4.41. The smallest absolute Gasteiger partial charge is 0.462 e. The van der Waals surface area contributed by atoms with Gasteiger partial charge in [-0.3, -0.25) is 18.6 Å². The number of unbranched alkanes of at least 4 members (excludes halogenated alkanes) is 25. The van der Waals surface area contributed by atoms with Gasteiger partial charge in [0.1, 0.15) is 19.8 Å². The van der Waals surface area contributed by atoms with Gasteiger partial charge in [0.05, 0.1) is 27.7 Å². The van der Waals surface area contributed by atoms with Crippen LogP contribution in [0.3, 0.4) is 0 Å². The number of likely N-dealkylation sites (N-methyl/N-ethyl adjacent to an activating group) is 1. The third kappa shape index (κ3) is 61.9. The predicted molar refractivity (Wildman–Crippen MR) is 335 cm³/mol. The zero-order valence-electron chi connectivity index (χ0n) is 50.9. The molecule has 0 aromatic rings. The fraction of sp³-hybridized carbons (Fsp3) is 0.706. The van der Waals surface area contributed by atoms with E-state index in [1.165, 1.54) is 141 Å². The van der Waals surface area contributed by atoms with Crippen LogP contribution >= 0.6 is 7.82 Å². The van der Waals surface area contributed by atoms with Crippen LogP contribution in [0.25, 0.3) is 0 Å². The number of hydrogen-bond donors (Lipinski definition) is 1. The minimum absolute atomic E-state index is 0.0163. The van der Waals surface area contributed by atoms with Crippen LogP contribution in [-0.4, -0.2) is 74.9 Å². The number of quaternary nitrogens is 1. The van der Waals surface area contributed by atoms with Gasteiger partial charge in [-0.1, -0.05) is 277 Å². The van der Waals surface area contributed by atoms with E-state index in [-0.39, 0.29) is 32.0 Å². The van der Waals surface area contributed by atoms with E-state index in [2.05, 4.69) is 123 Å². The number of ether oxygens (including phenoxy) is 2. The summed E-state index contributed by atoms with van der Waals surface area (Å²) >= 11 is 0. The second kappa shape index (κ2) is 58.3. The number of hydrogen-bond acceptors (Lipinski definition) is 7. The lowest BCUT2D eigenvalue weighted by molar-refractivity contribution is -0.870. The third-order valence-electron chi connectivity index (χ3n) is 13.3. The standard InChI is InChI=1S/C68H118NO8P/c1-6-8-10-12-14-16-18-20-22-24-26-28-30-32-33-34-35-37-39-41-43-45-47-49-51-53-55-57-59-61-68(71)77-66(65-76-78(72,73)75-63-62-69(3,4)5)64-74-67(70)60-58-56-54-52-50-48-46-44-42-40-38-36-31-29-27-25-23-21-19-17-15-13-11-9-7-2/h8,10,14,16,20,22,26,28,32-33,35,37,41,43,47,49,53,55,66H,6-7,9,11-13,15,17-19,21,23-25,27,29-31,34,36,38-40,42,44-46,48,50-52,54,56-65H2,1-5H3/p+1/b10-8-,16-14-,22-20-,28-26-,33-32-,37-35-,43-41-,49-47-,55-53-. The van der Waals surface area contributed by atoms with E-state index in [1.807, 2.05) is 21.1 Å². The first kappa shape index (κ1) is 74.7. The lowest BCUT2D eigenvalue weighted by Crippen LogP contribution is -2.37. The topological polar surface area (TPSA) is 108 Å². The van der Waals surface area contributed by atoms with Gasteiger partial charge in [0.25, 0.3) is 0 Å². The van der Waals surface area contributed by atoms with Crippen LogP contribution in [0.4, 0.5) is 0 Å². The Morgan fingerprint density at radius 2 is 0.731 bits per heavy atom. The van der Waals surface area contributed by atoms with Crippen molar-refractivity contribution in [3.63, 3.8) is 0 Å². The summed E-state index contributed by atoms with van der Waals surface area (Å²) in [5.41, 5.74) is 0. The number of rotatable bonds is 57. The SMILES string of the molecule is CC/C=C\C/C=C\C/C=C\C/C=C\C/C=C\C/C=C\C/C=C\C/C=C\C/C=C\CCCC(=O)OC(COC(=O)CCCCCCCCCCCCCCCCCCCCCCCCCCC)COP(=O)(O)OCC[N+](C)(C)C. The highest BCUT2D eigenvalue weighted by atomic mass is 31.2. The van der Waals surface area contributed by atoms with Crippen LogP contribution in [0.1, 0.15) is 258 Å². The Balaban J connectivity index is 4.24. The summed E-state index contributed by atoms with van der Waals surface area (Å²) in [6.07, 6.45) is 81.8. The Morgan fingerprint density at radius 3 is 1.08 bits per heavy atom. The fourth-order valence-electron chi connectivity index (χ4n) is 8.49. The average Bonchev–Trinajstić information content (AvgIpc) is 3.41. The Labute approximate surface area is 480 Å². The molecule has 0 spiro atoms. The molecule has 0 radical (unpaired) electrons. The van der Waals surface area contributed by atoms with E-state index in [0.717, 1.165) is 77.0 Å². The molecule has 0 bridgehead atoms. The molecule has 0 aromatic carbocycles. The van der Waals surface area contributed by atoms with Gasteiger partial charge in [-0.05, 0) is 77.0 Å². The van der Waals surface area contributed by atoms with Gasteiger partial charge in [0, 0.05) is 12.8 Å².